The van der Waals surface area contributed by atoms with E-state index in [1.807, 2.05) is 49.2 Å². The van der Waals surface area contributed by atoms with Gasteiger partial charge in [-0.1, -0.05) is 33.4 Å². The first kappa shape index (κ1) is 21.5. The van der Waals surface area contributed by atoms with E-state index in [2.05, 4.69) is 12.6 Å². The van der Waals surface area contributed by atoms with Gasteiger partial charge in [0.25, 0.3) is 0 Å². The van der Waals surface area contributed by atoms with Crippen molar-refractivity contribution in [3.05, 3.63) is 60.1 Å². The maximum Gasteiger partial charge on any atom is 0.119 e. The Morgan fingerprint density at radius 3 is 2.29 bits per heavy atom. The number of hydrogen-bond acceptors (Lipinski definition) is 3. The Balaban J connectivity index is 0.000000563. The van der Waals surface area contributed by atoms with Crippen molar-refractivity contribution in [1.82, 2.24) is 0 Å². The van der Waals surface area contributed by atoms with Crippen LogP contribution >= 0.6 is 0 Å². The molecule has 0 aromatic heterocycles. The van der Waals surface area contributed by atoms with Gasteiger partial charge in [-0.15, -0.1) is 0 Å². The lowest BCUT2D eigenvalue weighted by Crippen LogP contribution is -2.12. The van der Waals surface area contributed by atoms with E-state index in [-0.39, 0.29) is 5.83 Å². The maximum absolute atomic E-state index is 11.7. The quantitative estimate of drug-likeness (QED) is 0.705. The molecule has 1 aliphatic rings. The number of allylic oxidation sites excluding steroid dienone is 2. The summed E-state index contributed by atoms with van der Waals surface area (Å²) in [5.41, 5.74) is 2.54. The van der Waals surface area contributed by atoms with Crippen molar-refractivity contribution in [2.24, 2.45) is 0 Å². The summed E-state index contributed by atoms with van der Waals surface area (Å²) >= 11 is 0. The Kier molecular flexibility index (Phi) is 10.7. The Morgan fingerprint density at radius 2 is 1.96 bits per heavy atom. The fourth-order valence-electron chi connectivity index (χ4n) is 1.84. The van der Waals surface area contributed by atoms with E-state index in [1.54, 1.807) is 21.0 Å². The second-order valence-electron chi connectivity index (χ2n) is 4.67. The van der Waals surface area contributed by atoms with Crippen molar-refractivity contribution in [1.29, 1.82) is 5.26 Å². The van der Waals surface area contributed by atoms with Gasteiger partial charge in [0, 0.05) is 18.4 Å². The van der Waals surface area contributed by atoms with Crippen LogP contribution in [-0.4, -0.2) is 13.7 Å². The molecule has 4 heteroatoms. The summed E-state index contributed by atoms with van der Waals surface area (Å²) in [5.74, 6) is 0.793. The number of anilines is 1. The molecule has 0 saturated heterocycles. The molecule has 130 valence electrons. The topological polar surface area (TPSA) is 36.3 Å². The molecule has 0 spiro atoms. The lowest BCUT2D eigenvalue weighted by molar-refractivity contribution is 0.415. The monoisotopic (exact) mass is 330 g/mol. The first-order valence-corrected chi connectivity index (χ1v) is 8.07. The molecule has 1 aliphatic heterocycles. The second kappa shape index (κ2) is 12.0. The van der Waals surface area contributed by atoms with Crippen LogP contribution in [0.5, 0.6) is 5.75 Å². The second-order valence-corrected chi connectivity index (χ2v) is 4.67. The van der Waals surface area contributed by atoms with Crippen LogP contribution in [0.3, 0.4) is 0 Å². The standard InChI is InChI=1S/C13H12N2O.C5H9F.C2H6/c1-10-8-15(9-11(10)7-14)12-3-5-13(16-2)6-4-12;1-3-5(6)4-2;1-2/h3-6,9H,1,8H2,2H3;3H,4H2,1-2H3;1-2H3/b;5-3+;. The number of methoxy groups -OCH3 is 1. The van der Waals surface area contributed by atoms with E-state index < -0.39 is 0 Å². The number of hydrogen-bond donors (Lipinski definition) is 0. The molecule has 0 radical (unpaired) electrons. The molecule has 0 amide bonds. The molecular formula is C20H27FN2O. The summed E-state index contributed by atoms with van der Waals surface area (Å²) in [6.45, 7) is 12.0. The lowest BCUT2D eigenvalue weighted by atomic mass is 10.2. The zero-order chi connectivity index (χ0) is 18.5. The summed E-state index contributed by atoms with van der Waals surface area (Å²) in [4.78, 5) is 2.00. The normalized spacial score (nSPS) is 13.0. The van der Waals surface area contributed by atoms with Crippen molar-refractivity contribution < 1.29 is 9.13 Å². The third-order valence-electron chi connectivity index (χ3n) is 3.20. The molecule has 1 heterocycles. The molecule has 0 atom stereocenters. The first-order valence-electron chi connectivity index (χ1n) is 8.07. The SMILES string of the molecule is C/C=C(/F)CC.C=C1CN(c2ccc(OC)cc2)C=C1C#N.CC. The van der Waals surface area contributed by atoms with Gasteiger partial charge in [-0.3, -0.25) is 0 Å². The van der Waals surface area contributed by atoms with Gasteiger partial charge in [0.2, 0.25) is 0 Å². The highest BCUT2D eigenvalue weighted by atomic mass is 19.1. The molecule has 1 aromatic rings. The van der Waals surface area contributed by atoms with E-state index in [4.69, 9.17) is 10.00 Å². The summed E-state index contributed by atoms with van der Waals surface area (Å²) in [6.07, 6.45) is 3.82. The predicted octanol–water partition coefficient (Wildman–Crippen LogP) is 5.77. The molecule has 0 bridgehead atoms. The van der Waals surface area contributed by atoms with Crippen molar-refractivity contribution in [3.8, 4) is 11.8 Å². The van der Waals surface area contributed by atoms with Crippen LogP contribution in [0.15, 0.2) is 60.1 Å². The fourth-order valence-corrected chi connectivity index (χ4v) is 1.84. The van der Waals surface area contributed by atoms with Gasteiger partial charge < -0.3 is 9.64 Å². The van der Waals surface area contributed by atoms with Crippen LogP contribution in [0.1, 0.15) is 34.1 Å². The van der Waals surface area contributed by atoms with Crippen molar-refractivity contribution in [2.75, 3.05) is 18.6 Å². The van der Waals surface area contributed by atoms with Gasteiger partial charge >= 0.3 is 0 Å². The number of benzene rings is 1. The fraction of sp³-hybridized carbons (Fsp3) is 0.350. The van der Waals surface area contributed by atoms with Gasteiger partial charge in [0.15, 0.2) is 0 Å². The summed E-state index contributed by atoms with van der Waals surface area (Å²) < 4.78 is 16.8. The van der Waals surface area contributed by atoms with E-state index in [1.165, 1.54) is 6.08 Å². The highest BCUT2D eigenvalue weighted by molar-refractivity contribution is 5.61. The number of nitriles is 1. The maximum atomic E-state index is 11.7. The minimum atomic E-state index is -0.0324. The molecule has 24 heavy (non-hydrogen) atoms. The number of rotatable bonds is 3. The molecule has 1 aromatic carbocycles. The molecule has 2 rings (SSSR count). The largest absolute Gasteiger partial charge is 0.497 e. The lowest BCUT2D eigenvalue weighted by Gasteiger charge is -2.15. The summed E-state index contributed by atoms with van der Waals surface area (Å²) in [6, 6.07) is 9.85. The van der Waals surface area contributed by atoms with Gasteiger partial charge in [0.05, 0.1) is 18.5 Å². The van der Waals surface area contributed by atoms with Crippen LogP contribution in [0.4, 0.5) is 10.1 Å². The van der Waals surface area contributed by atoms with Crippen LogP contribution in [0, 0.1) is 11.3 Å². The van der Waals surface area contributed by atoms with E-state index in [0.717, 1.165) is 17.0 Å². The van der Waals surface area contributed by atoms with Gasteiger partial charge in [-0.25, -0.2) is 4.39 Å². The minimum Gasteiger partial charge on any atom is -0.497 e. The van der Waals surface area contributed by atoms with Crippen molar-refractivity contribution in [2.45, 2.75) is 34.1 Å². The average molecular weight is 330 g/mol. The van der Waals surface area contributed by atoms with Crippen LogP contribution in [0.25, 0.3) is 0 Å². The van der Waals surface area contributed by atoms with Gasteiger partial charge in [-0.05, 0) is 43.2 Å². The van der Waals surface area contributed by atoms with E-state index in [9.17, 15) is 4.39 Å². The first-order chi connectivity index (χ1) is 11.5. The van der Waals surface area contributed by atoms with E-state index >= 15 is 0 Å². The summed E-state index contributed by atoms with van der Waals surface area (Å²) in [5, 5.41) is 8.86. The molecule has 3 nitrogen and oxygen atoms in total. The van der Waals surface area contributed by atoms with Crippen molar-refractivity contribution >= 4 is 5.69 Å². The summed E-state index contributed by atoms with van der Waals surface area (Å²) in [7, 11) is 1.64. The Morgan fingerprint density at radius 1 is 1.38 bits per heavy atom. The Bertz CT molecular complexity index is 610. The van der Waals surface area contributed by atoms with Crippen LogP contribution in [0.2, 0.25) is 0 Å². The zero-order valence-electron chi connectivity index (χ0n) is 15.3. The number of halogens is 1. The van der Waals surface area contributed by atoms with Gasteiger partial charge in [-0.2, -0.15) is 5.26 Å². The highest BCUT2D eigenvalue weighted by Gasteiger charge is 2.17. The van der Waals surface area contributed by atoms with Crippen LogP contribution in [-0.2, 0) is 0 Å². The zero-order valence-corrected chi connectivity index (χ0v) is 15.3. The molecule has 0 fully saturated rings. The molecule has 0 aliphatic carbocycles. The Hall–Kier alpha value is -2.54. The third-order valence-corrected chi connectivity index (χ3v) is 3.20. The average Bonchev–Trinajstić information content (AvgIpc) is 3.04. The van der Waals surface area contributed by atoms with Crippen LogP contribution < -0.4 is 9.64 Å². The molecular weight excluding hydrogens is 303 g/mol. The smallest absolute Gasteiger partial charge is 0.119 e. The highest BCUT2D eigenvalue weighted by Crippen LogP contribution is 2.26. The third kappa shape index (κ3) is 6.70. The van der Waals surface area contributed by atoms with Crippen molar-refractivity contribution in [3.63, 3.8) is 0 Å². The predicted molar refractivity (Wildman–Crippen MR) is 99.7 cm³/mol. The van der Waals surface area contributed by atoms with E-state index in [0.29, 0.717) is 18.5 Å². The molecule has 0 unspecified atom stereocenters. The Labute approximate surface area is 145 Å². The molecule has 0 N–H and O–H groups in total. The number of nitrogens with zero attached hydrogens (tertiary/aromatic N) is 2. The molecule has 0 saturated carbocycles. The minimum absolute atomic E-state index is 0.0324. The number of ether oxygens (including phenoxy) is 1. The van der Waals surface area contributed by atoms with Gasteiger partial charge in [0.1, 0.15) is 11.8 Å².